The molecule has 106 valence electrons. The molecule has 0 bridgehead atoms. The van der Waals surface area contributed by atoms with Crippen molar-refractivity contribution in [2.24, 2.45) is 5.73 Å². The number of carbonyl (C=O) groups excluding carboxylic acids is 1. The van der Waals surface area contributed by atoms with Crippen molar-refractivity contribution in [2.75, 3.05) is 0 Å². The number of nitrogens with two attached hydrogens (primary N) is 1. The summed E-state index contributed by atoms with van der Waals surface area (Å²) in [6, 6.07) is 6.33. The van der Waals surface area contributed by atoms with E-state index >= 15 is 0 Å². The maximum Gasteiger partial charge on any atom is 0.387 e. The summed E-state index contributed by atoms with van der Waals surface area (Å²) in [7, 11) is 0. The van der Waals surface area contributed by atoms with E-state index in [4.69, 9.17) is 5.73 Å². The number of hydrogen-bond acceptors (Lipinski definition) is 3. The summed E-state index contributed by atoms with van der Waals surface area (Å²) in [4.78, 5) is 11.6. The van der Waals surface area contributed by atoms with Gasteiger partial charge in [-0.15, -0.1) is 12.4 Å². The number of carbonyl (C=O) groups is 1. The molecule has 1 aliphatic rings. The van der Waals surface area contributed by atoms with Crippen molar-refractivity contribution in [3.63, 3.8) is 0 Å². The molecule has 0 spiro atoms. The molecule has 0 heterocycles. The Bertz CT molecular complexity index is 453. The Morgan fingerprint density at radius 1 is 1.42 bits per heavy atom. The Kier molecular flexibility index (Phi) is 5.08. The number of rotatable bonds is 5. The van der Waals surface area contributed by atoms with Gasteiger partial charge in [0.05, 0.1) is 5.54 Å². The van der Waals surface area contributed by atoms with Crippen molar-refractivity contribution in [3.05, 3.63) is 29.8 Å². The van der Waals surface area contributed by atoms with Gasteiger partial charge in [0.1, 0.15) is 5.75 Å². The summed E-state index contributed by atoms with van der Waals surface area (Å²) in [5.41, 5.74) is 5.44. The summed E-state index contributed by atoms with van der Waals surface area (Å²) >= 11 is 0. The molecule has 0 atom stereocenters. The van der Waals surface area contributed by atoms with Gasteiger partial charge in [-0.3, -0.25) is 4.79 Å². The summed E-state index contributed by atoms with van der Waals surface area (Å²) in [5.74, 6) is -0.191. The van der Waals surface area contributed by atoms with E-state index < -0.39 is 12.2 Å². The number of benzene rings is 1. The van der Waals surface area contributed by atoms with Gasteiger partial charge >= 0.3 is 6.61 Å². The van der Waals surface area contributed by atoms with Crippen LogP contribution in [0.5, 0.6) is 5.75 Å². The van der Waals surface area contributed by atoms with E-state index in [1.807, 2.05) is 0 Å². The molecular weight excluding hydrogens is 278 g/mol. The summed E-state index contributed by atoms with van der Waals surface area (Å²) in [6.07, 6.45) is 1.32. The third kappa shape index (κ3) is 4.04. The third-order valence-electron chi connectivity index (χ3n) is 2.87. The van der Waals surface area contributed by atoms with Gasteiger partial charge in [0, 0.05) is 12.1 Å². The van der Waals surface area contributed by atoms with Crippen LogP contribution < -0.4 is 15.8 Å². The molecule has 1 aliphatic carbocycles. The Morgan fingerprint density at radius 2 is 2.05 bits per heavy atom. The minimum absolute atomic E-state index is 0. The van der Waals surface area contributed by atoms with Crippen LogP contribution in [-0.4, -0.2) is 18.1 Å². The molecule has 0 unspecified atom stereocenters. The van der Waals surface area contributed by atoms with Crippen LogP contribution in [0.1, 0.15) is 18.4 Å². The van der Waals surface area contributed by atoms with E-state index in [-0.39, 0.29) is 30.6 Å². The number of ether oxygens (including phenoxy) is 1. The minimum atomic E-state index is -2.88. The molecule has 7 heteroatoms. The Balaban J connectivity index is 0.00000180. The number of para-hydroxylation sites is 1. The van der Waals surface area contributed by atoms with Crippen molar-refractivity contribution >= 4 is 18.3 Å². The fraction of sp³-hybridized carbons (Fsp3) is 0.417. The first-order valence-electron chi connectivity index (χ1n) is 5.61. The molecule has 2 rings (SSSR count). The fourth-order valence-electron chi connectivity index (χ4n) is 1.57. The maximum atomic E-state index is 12.2. The second kappa shape index (κ2) is 6.16. The van der Waals surface area contributed by atoms with E-state index in [2.05, 4.69) is 10.1 Å². The smallest absolute Gasteiger partial charge is 0.387 e. The molecule has 0 radical (unpaired) electrons. The third-order valence-corrected chi connectivity index (χ3v) is 2.87. The van der Waals surface area contributed by atoms with Crippen LogP contribution in [0.4, 0.5) is 8.78 Å². The molecular formula is C12H15ClF2N2O2. The van der Waals surface area contributed by atoms with E-state index in [1.54, 1.807) is 18.2 Å². The Labute approximate surface area is 115 Å². The van der Waals surface area contributed by atoms with Gasteiger partial charge in [-0.1, -0.05) is 18.2 Å². The fourth-order valence-corrected chi connectivity index (χ4v) is 1.57. The average molecular weight is 293 g/mol. The van der Waals surface area contributed by atoms with Crippen LogP contribution >= 0.6 is 12.4 Å². The van der Waals surface area contributed by atoms with Gasteiger partial charge < -0.3 is 15.8 Å². The highest BCUT2D eigenvalue weighted by atomic mass is 35.5. The summed E-state index contributed by atoms with van der Waals surface area (Å²) in [6.45, 7) is -2.76. The van der Waals surface area contributed by atoms with Crippen LogP contribution in [0.3, 0.4) is 0 Å². The topological polar surface area (TPSA) is 64.4 Å². The van der Waals surface area contributed by atoms with Gasteiger partial charge in [-0.05, 0) is 18.9 Å². The van der Waals surface area contributed by atoms with Crippen molar-refractivity contribution in [1.29, 1.82) is 0 Å². The van der Waals surface area contributed by atoms with E-state index in [0.717, 1.165) is 0 Å². The number of hydrogen-bond donors (Lipinski definition) is 2. The number of nitrogens with one attached hydrogen (secondary N) is 1. The standard InChI is InChI=1S/C12H14F2N2O2.ClH/c13-11(14)18-9-4-2-1-3-8(9)7-16-10(17)12(15)5-6-12;/h1-4,11H,5-7,15H2,(H,16,17);1H. The van der Waals surface area contributed by atoms with E-state index in [1.165, 1.54) is 6.07 Å². The molecule has 1 aromatic rings. The lowest BCUT2D eigenvalue weighted by molar-refractivity contribution is -0.123. The number of alkyl halides is 2. The molecule has 4 nitrogen and oxygen atoms in total. The molecule has 1 aromatic carbocycles. The second-order valence-corrected chi connectivity index (χ2v) is 4.33. The van der Waals surface area contributed by atoms with Crippen molar-refractivity contribution in [2.45, 2.75) is 31.5 Å². The SMILES string of the molecule is Cl.NC1(C(=O)NCc2ccccc2OC(F)F)CC1. The van der Waals surface area contributed by atoms with Gasteiger partial charge in [0.2, 0.25) is 5.91 Å². The highest BCUT2D eigenvalue weighted by molar-refractivity contribution is 5.88. The van der Waals surface area contributed by atoms with Gasteiger partial charge in [0.15, 0.2) is 0 Å². The molecule has 19 heavy (non-hydrogen) atoms. The molecule has 3 N–H and O–H groups in total. The predicted octanol–water partition coefficient (Wildman–Crippen LogP) is 1.82. The van der Waals surface area contributed by atoms with E-state index in [0.29, 0.717) is 18.4 Å². The Morgan fingerprint density at radius 3 is 2.63 bits per heavy atom. The van der Waals surface area contributed by atoms with Gasteiger partial charge in [-0.2, -0.15) is 8.78 Å². The van der Waals surface area contributed by atoms with Crippen LogP contribution in [0.2, 0.25) is 0 Å². The van der Waals surface area contributed by atoms with E-state index in [9.17, 15) is 13.6 Å². The molecule has 0 aliphatic heterocycles. The zero-order valence-corrected chi connectivity index (χ0v) is 10.9. The van der Waals surface area contributed by atoms with Gasteiger partial charge in [0.25, 0.3) is 0 Å². The first-order valence-corrected chi connectivity index (χ1v) is 5.61. The lowest BCUT2D eigenvalue weighted by Crippen LogP contribution is -2.42. The van der Waals surface area contributed by atoms with Crippen LogP contribution in [0, 0.1) is 0 Å². The quantitative estimate of drug-likeness (QED) is 0.870. The predicted molar refractivity (Wildman–Crippen MR) is 68.3 cm³/mol. The van der Waals surface area contributed by atoms with Crippen molar-refractivity contribution in [3.8, 4) is 5.75 Å². The molecule has 1 fully saturated rings. The first-order chi connectivity index (χ1) is 8.51. The first kappa shape index (κ1) is 15.7. The zero-order chi connectivity index (χ0) is 13.2. The maximum absolute atomic E-state index is 12.2. The van der Waals surface area contributed by atoms with Crippen LogP contribution in [0.15, 0.2) is 24.3 Å². The molecule has 1 saturated carbocycles. The monoisotopic (exact) mass is 292 g/mol. The highest BCUT2D eigenvalue weighted by Gasteiger charge is 2.45. The lowest BCUT2D eigenvalue weighted by atomic mass is 10.2. The second-order valence-electron chi connectivity index (χ2n) is 4.33. The largest absolute Gasteiger partial charge is 0.434 e. The molecule has 0 saturated heterocycles. The van der Waals surface area contributed by atoms with Crippen LogP contribution in [0.25, 0.3) is 0 Å². The normalized spacial score (nSPS) is 15.6. The number of amides is 1. The molecule has 0 aromatic heterocycles. The average Bonchev–Trinajstić information content (AvgIpc) is 3.06. The van der Waals surface area contributed by atoms with Gasteiger partial charge in [-0.25, -0.2) is 0 Å². The van der Waals surface area contributed by atoms with Crippen molar-refractivity contribution in [1.82, 2.24) is 5.32 Å². The number of halogens is 3. The summed E-state index contributed by atoms with van der Waals surface area (Å²) < 4.78 is 28.7. The van der Waals surface area contributed by atoms with Crippen molar-refractivity contribution < 1.29 is 18.3 Å². The highest BCUT2D eigenvalue weighted by Crippen LogP contribution is 2.32. The summed E-state index contributed by atoms with van der Waals surface area (Å²) in [5, 5.41) is 2.63. The lowest BCUT2D eigenvalue weighted by Gasteiger charge is -2.13. The van der Waals surface area contributed by atoms with Crippen LogP contribution in [-0.2, 0) is 11.3 Å². The molecule has 1 amide bonds. The Hall–Kier alpha value is -1.40. The minimum Gasteiger partial charge on any atom is -0.434 e. The zero-order valence-electron chi connectivity index (χ0n) is 10.1.